The first-order chi connectivity index (χ1) is 10.5. The standard InChI is InChI=1S/C12H6Cl2N4O3S/c1-22-12-16-10(14)9(18(19)20)11(17-12)21-8-4-6(5-15)2-3-7(8)13/h2-4H,1H3. The van der Waals surface area contributed by atoms with E-state index in [-0.39, 0.29) is 32.5 Å². The quantitative estimate of drug-likeness (QED) is 0.267. The number of nitriles is 1. The van der Waals surface area contributed by atoms with E-state index >= 15 is 0 Å². The number of nitrogens with zero attached hydrogens (tertiary/aromatic N) is 4. The van der Waals surface area contributed by atoms with E-state index in [2.05, 4.69) is 9.97 Å². The fourth-order valence-corrected chi connectivity index (χ4v) is 2.25. The number of thioether (sulfide) groups is 1. The summed E-state index contributed by atoms with van der Waals surface area (Å²) in [5.41, 5.74) is -0.287. The number of halogens is 2. The lowest BCUT2D eigenvalue weighted by Crippen LogP contribution is -2.01. The maximum absolute atomic E-state index is 11.1. The molecule has 1 heterocycles. The van der Waals surface area contributed by atoms with Crippen LogP contribution in [0.1, 0.15) is 5.56 Å². The van der Waals surface area contributed by atoms with Crippen molar-refractivity contribution in [2.45, 2.75) is 5.16 Å². The van der Waals surface area contributed by atoms with E-state index in [1.807, 2.05) is 6.07 Å². The summed E-state index contributed by atoms with van der Waals surface area (Å²) < 4.78 is 5.39. The molecule has 22 heavy (non-hydrogen) atoms. The zero-order valence-corrected chi connectivity index (χ0v) is 13.2. The molecule has 2 aromatic rings. The van der Waals surface area contributed by atoms with Gasteiger partial charge in [-0.3, -0.25) is 10.1 Å². The second kappa shape index (κ2) is 6.79. The predicted molar refractivity (Wildman–Crippen MR) is 81.7 cm³/mol. The van der Waals surface area contributed by atoms with Crippen LogP contribution in [0.2, 0.25) is 10.2 Å². The molecule has 10 heteroatoms. The minimum Gasteiger partial charge on any atom is -0.432 e. The van der Waals surface area contributed by atoms with Gasteiger partial charge in [0, 0.05) is 6.07 Å². The minimum absolute atomic E-state index is 0.0608. The fraction of sp³-hybridized carbons (Fsp3) is 0.0833. The largest absolute Gasteiger partial charge is 0.432 e. The predicted octanol–water partition coefficient (Wildman–Crippen LogP) is 4.08. The molecule has 0 fully saturated rings. The van der Waals surface area contributed by atoms with Crippen LogP contribution in [0.4, 0.5) is 5.69 Å². The van der Waals surface area contributed by atoms with E-state index in [0.29, 0.717) is 0 Å². The van der Waals surface area contributed by atoms with Gasteiger partial charge < -0.3 is 4.74 Å². The van der Waals surface area contributed by atoms with Gasteiger partial charge in [0.2, 0.25) is 5.15 Å². The molecule has 0 saturated heterocycles. The summed E-state index contributed by atoms with van der Waals surface area (Å²) in [5.74, 6) is -0.281. The van der Waals surface area contributed by atoms with Gasteiger partial charge in [-0.15, -0.1) is 0 Å². The zero-order chi connectivity index (χ0) is 16.3. The van der Waals surface area contributed by atoms with Gasteiger partial charge in [-0.05, 0) is 18.4 Å². The molecule has 0 radical (unpaired) electrons. The van der Waals surface area contributed by atoms with Crippen LogP contribution in [0, 0.1) is 21.4 Å². The summed E-state index contributed by atoms with van der Waals surface area (Å²) in [4.78, 5) is 18.1. The van der Waals surface area contributed by atoms with Crippen molar-refractivity contribution in [3.05, 3.63) is 44.1 Å². The molecule has 112 valence electrons. The number of aromatic nitrogens is 2. The Morgan fingerprint density at radius 1 is 1.41 bits per heavy atom. The lowest BCUT2D eigenvalue weighted by molar-refractivity contribution is -0.386. The Balaban J connectivity index is 2.55. The Kier molecular flexibility index (Phi) is 5.03. The zero-order valence-electron chi connectivity index (χ0n) is 10.9. The van der Waals surface area contributed by atoms with Crippen LogP contribution >= 0.6 is 35.0 Å². The van der Waals surface area contributed by atoms with Crippen molar-refractivity contribution in [2.75, 3.05) is 6.26 Å². The monoisotopic (exact) mass is 356 g/mol. The first-order valence-corrected chi connectivity index (χ1v) is 7.57. The third-order valence-corrected chi connectivity index (χ3v) is 3.54. The number of hydrogen-bond donors (Lipinski definition) is 0. The van der Waals surface area contributed by atoms with Crippen molar-refractivity contribution in [2.24, 2.45) is 0 Å². The molecule has 0 N–H and O–H groups in total. The highest BCUT2D eigenvalue weighted by molar-refractivity contribution is 7.98. The van der Waals surface area contributed by atoms with Crippen molar-refractivity contribution >= 4 is 40.7 Å². The Bertz CT molecular complexity index is 795. The summed E-state index contributed by atoms with van der Waals surface area (Å²) in [5, 5.41) is 20.0. The normalized spacial score (nSPS) is 10.1. The van der Waals surface area contributed by atoms with Gasteiger partial charge in [-0.1, -0.05) is 35.0 Å². The van der Waals surface area contributed by atoms with Crippen LogP contribution < -0.4 is 4.74 Å². The molecule has 7 nitrogen and oxygen atoms in total. The van der Waals surface area contributed by atoms with Gasteiger partial charge in [0.05, 0.1) is 21.6 Å². The van der Waals surface area contributed by atoms with Gasteiger partial charge in [-0.2, -0.15) is 10.2 Å². The van der Waals surface area contributed by atoms with Gasteiger partial charge in [0.15, 0.2) is 5.16 Å². The molecule has 0 aliphatic rings. The highest BCUT2D eigenvalue weighted by atomic mass is 35.5. The molecule has 0 saturated carbocycles. The van der Waals surface area contributed by atoms with Gasteiger partial charge >= 0.3 is 11.6 Å². The van der Waals surface area contributed by atoms with Gasteiger partial charge in [0.1, 0.15) is 5.75 Å². The SMILES string of the molecule is CSc1nc(Cl)c([N+](=O)[O-])c(Oc2cc(C#N)ccc2Cl)n1. The van der Waals surface area contributed by atoms with E-state index in [9.17, 15) is 10.1 Å². The topological polar surface area (TPSA) is 102 Å². The van der Waals surface area contributed by atoms with Crippen LogP contribution in [-0.2, 0) is 0 Å². The molecule has 0 spiro atoms. The maximum atomic E-state index is 11.1. The van der Waals surface area contributed by atoms with Crippen molar-refractivity contribution in [3.8, 4) is 17.7 Å². The molecular weight excluding hydrogens is 351 g/mol. The van der Waals surface area contributed by atoms with Crippen LogP contribution in [-0.4, -0.2) is 21.1 Å². The van der Waals surface area contributed by atoms with Gasteiger partial charge in [0.25, 0.3) is 0 Å². The van der Waals surface area contributed by atoms with E-state index < -0.39 is 10.6 Å². The van der Waals surface area contributed by atoms with Crippen molar-refractivity contribution < 1.29 is 9.66 Å². The third kappa shape index (κ3) is 3.39. The third-order valence-electron chi connectivity index (χ3n) is 2.42. The average Bonchev–Trinajstić information content (AvgIpc) is 2.48. The molecule has 2 rings (SSSR count). The Labute approximate surface area is 139 Å². The van der Waals surface area contributed by atoms with Crippen LogP contribution in [0.5, 0.6) is 11.6 Å². The number of benzene rings is 1. The molecule has 1 aromatic carbocycles. The lowest BCUT2D eigenvalue weighted by atomic mass is 10.2. The summed E-state index contributed by atoms with van der Waals surface area (Å²) in [6, 6.07) is 6.20. The first-order valence-electron chi connectivity index (χ1n) is 5.59. The lowest BCUT2D eigenvalue weighted by Gasteiger charge is -2.08. The van der Waals surface area contributed by atoms with Crippen molar-refractivity contribution in [1.82, 2.24) is 9.97 Å². The molecule has 0 bridgehead atoms. The van der Waals surface area contributed by atoms with Crippen LogP contribution in [0.3, 0.4) is 0 Å². The van der Waals surface area contributed by atoms with E-state index in [4.69, 9.17) is 33.2 Å². The minimum atomic E-state index is -0.746. The average molecular weight is 357 g/mol. The Hall–Kier alpha value is -2.08. The molecule has 0 aliphatic carbocycles. The van der Waals surface area contributed by atoms with Crippen molar-refractivity contribution in [1.29, 1.82) is 5.26 Å². The highest BCUT2D eigenvalue weighted by Gasteiger charge is 2.26. The van der Waals surface area contributed by atoms with Gasteiger partial charge in [-0.25, -0.2) is 4.98 Å². The smallest absolute Gasteiger partial charge is 0.368 e. The number of rotatable bonds is 4. The number of nitro groups is 1. The molecule has 1 aromatic heterocycles. The number of hydrogen-bond acceptors (Lipinski definition) is 7. The van der Waals surface area contributed by atoms with E-state index in [1.165, 1.54) is 18.2 Å². The summed E-state index contributed by atoms with van der Waals surface area (Å²) in [7, 11) is 0. The van der Waals surface area contributed by atoms with E-state index in [1.54, 1.807) is 6.26 Å². The molecule has 0 atom stereocenters. The Morgan fingerprint density at radius 3 is 2.73 bits per heavy atom. The molecule has 0 aliphatic heterocycles. The molecular formula is C12H6Cl2N4O3S. The molecule has 0 amide bonds. The summed E-state index contributed by atoms with van der Waals surface area (Å²) in [6.07, 6.45) is 1.69. The van der Waals surface area contributed by atoms with Crippen LogP contribution in [0.15, 0.2) is 23.4 Å². The first kappa shape index (κ1) is 16.3. The summed E-state index contributed by atoms with van der Waals surface area (Å²) >= 11 is 12.9. The maximum Gasteiger partial charge on any atom is 0.368 e. The fourth-order valence-electron chi connectivity index (χ4n) is 1.46. The highest BCUT2D eigenvalue weighted by Crippen LogP contribution is 2.38. The van der Waals surface area contributed by atoms with Crippen LogP contribution in [0.25, 0.3) is 0 Å². The van der Waals surface area contributed by atoms with Crippen molar-refractivity contribution in [3.63, 3.8) is 0 Å². The number of ether oxygens (including phenoxy) is 1. The second-order valence-electron chi connectivity index (χ2n) is 3.77. The molecule has 0 unspecified atom stereocenters. The second-order valence-corrected chi connectivity index (χ2v) is 5.31. The van der Waals surface area contributed by atoms with E-state index in [0.717, 1.165) is 11.8 Å². The summed E-state index contributed by atoms with van der Waals surface area (Å²) in [6.45, 7) is 0. The Morgan fingerprint density at radius 2 is 2.14 bits per heavy atom.